The second kappa shape index (κ2) is 11.7. The molecule has 0 fully saturated rings. The van der Waals surface area contributed by atoms with Gasteiger partial charge < -0.3 is 15.0 Å². The van der Waals surface area contributed by atoms with Gasteiger partial charge in [-0.25, -0.2) is 9.79 Å². The third kappa shape index (κ3) is 5.96. The Morgan fingerprint density at radius 2 is 1.82 bits per heavy atom. The van der Waals surface area contributed by atoms with E-state index in [-0.39, 0.29) is 18.9 Å². The number of benzene rings is 2. The number of rotatable bonds is 8. The first-order chi connectivity index (χ1) is 18.9. The average Bonchev–Trinajstić information content (AvgIpc) is 3.34. The van der Waals surface area contributed by atoms with Crippen LogP contribution in [0.15, 0.2) is 100 Å². The molecule has 0 saturated carbocycles. The maximum Gasteiger partial charge on any atom is 0.338 e. The molecule has 0 radical (unpaired) electrons. The molecule has 1 amide bonds. The number of hydrogen-bond acceptors (Lipinski definition) is 7. The summed E-state index contributed by atoms with van der Waals surface area (Å²) in [5.41, 5.74) is 6.84. The van der Waals surface area contributed by atoms with Gasteiger partial charge in [-0.2, -0.15) is 0 Å². The smallest absolute Gasteiger partial charge is 0.338 e. The Bertz CT molecular complexity index is 1480. The Balaban J connectivity index is 1.43. The summed E-state index contributed by atoms with van der Waals surface area (Å²) in [5, 5.41) is 5.67. The van der Waals surface area contributed by atoms with E-state index in [4.69, 9.17) is 9.73 Å². The van der Waals surface area contributed by atoms with E-state index in [1.54, 1.807) is 12.4 Å². The van der Waals surface area contributed by atoms with Crippen LogP contribution in [0.1, 0.15) is 47.2 Å². The predicted octanol–water partition coefficient (Wildman–Crippen LogP) is 5.72. The summed E-state index contributed by atoms with van der Waals surface area (Å²) in [7, 11) is 0. The minimum Gasteiger partial charge on any atom is -0.457 e. The summed E-state index contributed by atoms with van der Waals surface area (Å²) in [4.78, 5) is 37.5. The van der Waals surface area contributed by atoms with Crippen LogP contribution >= 0.6 is 11.8 Å². The number of nitrogens with one attached hydrogen (secondary N) is 1. The molecular weight excluding hydrogens is 508 g/mol. The van der Waals surface area contributed by atoms with Crippen molar-refractivity contribution in [3.05, 3.63) is 123 Å². The highest BCUT2D eigenvalue weighted by Crippen LogP contribution is 2.45. The first-order valence-electron chi connectivity index (χ1n) is 12.8. The topological polar surface area (TPSA) is 83.9 Å². The maximum absolute atomic E-state index is 13.7. The molecule has 8 heteroatoms. The summed E-state index contributed by atoms with van der Waals surface area (Å²) in [6.45, 7) is 6.48. The van der Waals surface area contributed by atoms with Crippen molar-refractivity contribution in [2.24, 2.45) is 4.99 Å². The van der Waals surface area contributed by atoms with Crippen LogP contribution in [-0.4, -0.2) is 26.9 Å². The Kier molecular flexibility index (Phi) is 7.93. The molecule has 39 heavy (non-hydrogen) atoms. The van der Waals surface area contributed by atoms with Crippen molar-refractivity contribution in [3.8, 4) is 0 Å². The lowest BCUT2D eigenvalue weighted by molar-refractivity contribution is -0.141. The number of fused-ring (bicyclic) bond motifs is 1. The number of amidine groups is 1. The van der Waals surface area contributed by atoms with Crippen LogP contribution < -0.4 is 5.32 Å². The van der Waals surface area contributed by atoms with Gasteiger partial charge in [0.25, 0.3) is 0 Å². The quantitative estimate of drug-likeness (QED) is 0.369. The van der Waals surface area contributed by atoms with Gasteiger partial charge in [0.1, 0.15) is 6.61 Å². The van der Waals surface area contributed by atoms with E-state index in [0.29, 0.717) is 17.8 Å². The second-order valence-corrected chi connectivity index (χ2v) is 10.5. The van der Waals surface area contributed by atoms with Crippen LogP contribution in [0.3, 0.4) is 0 Å². The Labute approximate surface area is 232 Å². The summed E-state index contributed by atoms with van der Waals surface area (Å²) < 4.78 is 5.81. The van der Waals surface area contributed by atoms with Crippen LogP contribution in [0.2, 0.25) is 0 Å². The number of aryl methyl sites for hydroxylation is 2. The molecule has 3 aromatic rings. The highest BCUT2D eigenvalue weighted by molar-refractivity contribution is 8.16. The van der Waals surface area contributed by atoms with Gasteiger partial charge in [-0.05, 0) is 54.5 Å². The number of nitrogens with zero attached hydrogens (tertiary/aromatic N) is 3. The van der Waals surface area contributed by atoms with E-state index in [9.17, 15) is 9.59 Å². The van der Waals surface area contributed by atoms with Crippen LogP contribution in [0.4, 0.5) is 0 Å². The largest absolute Gasteiger partial charge is 0.457 e. The molecule has 1 N–H and O–H groups in total. The Morgan fingerprint density at radius 1 is 1.03 bits per heavy atom. The fourth-order valence-electron chi connectivity index (χ4n) is 4.71. The normalized spacial score (nSPS) is 16.4. The molecule has 2 aliphatic heterocycles. The Hall–Kier alpha value is -4.17. The zero-order valence-corrected chi connectivity index (χ0v) is 23.0. The standard InChI is InChI=1S/C31H30N4O3S/c1-20-11-12-21(2)26(14-20)29-28(30(37)38-18-23-8-5-4-6-9-23)22(3)34-31-35(29)25(19-39-31)15-27(36)33-17-24-10-7-13-32-16-24/h4-14,16,19,29H,15,17-18H2,1-3H3,(H,33,36). The van der Waals surface area contributed by atoms with E-state index in [2.05, 4.69) is 28.5 Å². The van der Waals surface area contributed by atoms with Crippen molar-refractivity contribution in [2.75, 3.05) is 0 Å². The van der Waals surface area contributed by atoms with E-state index in [1.807, 2.05) is 73.5 Å². The fourth-order valence-corrected chi connectivity index (χ4v) is 5.67. The van der Waals surface area contributed by atoms with Gasteiger partial charge >= 0.3 is 5.97 Å². The third-order valence-corrected chi connectivity index (χ3v) is 7.61. The number of carbonyl (C=O) groups excluding carboxylic acids is 2. The number of pyridine rings is 1. The van der Waals surface area contributed by atoms with Gasteiger partial charge in [0, 0.05) is 24.6 Å². The first kappa shape index (κ1) is 26.4. The summed E-state index contributed by atoms with van der Waals surface area (Å²) in [5.74, 6) is -0.534. The Morgan fingerprint density at radius 3 is 2.59 bits per heavy atom. The van der Waals surface area contributed by atoms with Gasteiger partial charge in [0.05, 0.1) is 23.7 Å². The number of esters is 1. The molecule has 1 unspecified atom stereocenters. The third-order valence-electron chi connectivity index (χ3n) is 6.72. The van der Waals surface area contributed by atoms with Crippen molar-refractivity contribution in [2.45, 2.75) is 46.4 Å². The number of allylic oxidation sites excluding steroid dienone is 1. The van der Waals surface area contributed by atoms with Crippen molar-refractivity contribution in [3.63, 3.8) is 0 Å². The molecule has 2 aliphatic rings. The van der Waals surface area contributed by atoms with Crippen LogP contribution in [-0.2, 0) is 27.5 Å². The predicted molar refractivity (Wildman–Crippen MR) is 153 cm³/mol. The highest BCUT2D eigenvalue weighted by atomic mass is 32.2. The van der Waals surface area contributed by atoms with E-state index in [0.717, 1.165) is 38.7 Å². The molecular formula is C31H30N4O3S. The fraction of sp³-hybridized carbons (Fsp3) is 0.226. The van der Waals surface area contributed by atoms with Crippen molar-refractivity contribution in [1.82, 2.24) is 15.2 Å². The van der Waals surface area contributed by atoms with Gasteiger partial charge in [0.15, 0.2) is 5.17 Å². The number of thioether (sulfide) groups is 1. The first-order valence-corrected chi connectivity index (χ1v) is 13.7. The lowest BCUT2D eigenvalue weighted by atomic mass is 9.90. The minimum atomic E-state index is -0.465. The zero-order chi connectivity index (χ0) is 27.4. The molecule has 0 bridgehead atoms. The number of aliphatic imine (C=N–C) groups is 1. The number of aromatic nitrogens is 1. The number of amides is 1. The van der Waals surface area contributed by atoms with Gasteiger partial charge in [-0.1, -0.05) is 71.9 Å². The molecule has 7 nitrogen and oxygen atoms in total. The maximum atomic E-state index is 13.7. The monoisotopic (exact) mass is 538 g/mol. The number of hydrogen-bond donors (Lipinski definition) is 1. The van der Waals surface area contributed by atoms with Gasteiger partial charge in [-0.3, -0.25) is 9.78 Å². The molecule has 5 rings (SSSR count). The van der Waals surface area contributed by atoms with Gasteiger partial charge in [-0.15, -0.1) is 0 Å². The lowest BCUT2D eigenvalue weighted by Crippen LogP contribution is -2.38. The zero-order valence-electron chi connectivity index (χ0n) is 22.2. The van der Waals surface area contributed by atoms with Crippen LogP contribution in [0, 0.1) is 13.8 Å². The minimum absolute atomic E-state index is 0.119. The summed E-state index contributed by atoms with van der Waals surface area (Å²) >= 11 is 1.46. The molecule has 2 aromatic carbocycles. The SMILES string of the molecule is CC1=C(C(=O)OCc2ccccc2)C(c2cc(C)ccc2C)N2C(CC(=O)NCc3cccnc3)=CSC2=N1. The molecule has 0 saturated heterocycles. The highest BCUT2D eigenvalue weighted by Gasteiger charge is 2.41. The van der Waals surface area contributed by atoms with Crippen molar-refractivity contribution in [1.29, 1.82) is 0 Å². The van der Waals surface area contributed by atoms with E-state index >= 15 is 0 Å². The molecule has 1 aromatic heterocycles. The molecule has 1 atom stereocenters. The molecule has 198 valence electrons. The molecule has 3 heterocycles. The summed E-state index contributed by atoms with van der Waals surface area (Å²) in [6.07, 6.45) is 3.59. The van der Waals surface area contributed by atoms with E-state index in [1.165, 1.54) is 11.8 Å². The molecule has 0 spiro atoms. The van der Waals surface area contributed by atoms with Crippen molar-refractivity contribution < 1.29 is 14.3 Å². The van der Waals surface area contributed by atoms with Crippen LogP contribution in [0.5, 0.6) is 0 Å². The van der Waals surface area contributed by atoms with Gasteiger partial charge in [0.2, 0.25) is 5.91 Å². The summed E-state index contributed by atoms with van der Waals surface area (Å²) in [6, 6.07) is 19.1. The number of carbonyl (C=O) groups is 2. The number of ether oxygens (including phenoxy) is 1. The molecule has 0 aliphatic carbocycles. The lowest BCUT2D eigenvalue weighted by Gasteiger charge is -2.37. The van der Waals surface area contributed by atoms with E-state index < -0.39 is 12.0 Å². The van der Waals surface area contributed by atoms with Crippen LogP contribution in [0.25, 0.3) is 0 Å². The van der Waals surface area contributed by atoms with Crippen molar-refractivity contribution >= 4 is 28.8 Å². The second-order valence-electron chi connectivity index (χ2n) is 9.63. The average molecular weight is 539 g/mol.